The summed E-state index contributed by atoms with van der Waals surface area (Å²) < 4.78 is 17.0. The number of hydrogen-bond donors (Lipinski definition) is 0. The number of rotatable bonds is 12. The van der Waals surface area contributed by atoms with Gasteiger partial charge in [-0.3, -0.25) is 14.5 Å². The van der Waals surface area contributed by atoms with Crippen molar-refractivity contribution >= 4 is 52.2 Å². The Morgan fingerprint density at radius 1 is 1.11 bits per heavy atom. The Labute approximate surface area is 219 Å². The largest absolute Gasteiger partial charge is 0.490 e. The van der Waals surface area contributed by atoms with E-state index in [0.29, 0.717) is 59.0 Å². The van der Waals surface area contributed by atoms with Crippen LogP contribution in [-0.4, -0.2) is 42.9 Å². The average Bonchev–Trinajstić information content (AvgIpc) is 3.08. The summed E-state index contributed by atoms with van der Waals surface area (Å²) >= 11 is 13.1. The Morgan fingerprint density at radius 3 is 2.60 bits per heavy atom. The van der Waals surface area contributed by atoms with Crippen LogP contribution >= 0.6 is 35.0 Å². The van der Waals surface area contributed by atoms with Gasteiger partial charge in [-0.2, -0.15) is 0 Å². The molecule has 3 rings (SSSR count). The molecule has 0 saturated carbocycles. The lowest BCUT2D eigenvalue weighted by Gasteiger charge is -2.17. The summed E-state index contributed by atoms with van der Waals surface area (Å²) in [6, 6.07) is 9.04. The van der Waals surface area contributed by atoms with Crippen LogP contribution < -0.4 is 9.47 Å². The molecule has 0 aromatic heterocycles. The zero-order chi connectivity index (χ0) is 25.4. The molecule has 0 unspecified atom stereocenters. The SMILES string of the molecule is C=CCc1cc(/C=C2/SC(=O)N(CCCOC)C2=O)cc(OCC)c1OCc1ccc(Cl)c(Cl)c1. The number of carbonyl (C=O) groups is 2. The van der Waals surface area contributed by atoms with Crippen LogP contribution in [0.25, 0.3) is 6.08 Å². The second kappa shape index (κ2) is 13.0. The quantitative estimate of drug-likeness (QED) is 0.169. The molecule has 0 N–H and O–H groups in total. The minimum Gasteiger partial charge on any atom is -0.490 e. The number of imide groups is 1. The van der Waals surface area contributed by atoms with Gasteiger partial charge in [0.25, 0.3) is 11.1 Å². The molecule has 0 atom stereocenters. The first-order valence-electron chi connectivity index (χ1n) is 11.1. The van der Waals surface area contributed by atoms with Gasteiger partial charge in [0.2, 0.25) is 0 Å². The predicted octanol–water partition coefficient (Wildman–Crippen LogP) is 6.77. The number of nitrogens with zero attached hydrogens (tertiary/aromatic N) is 1. The first kappa shape index (κ1) is 27.1. The van der Waals surface area contributed by atoms with Crippen molar-refractivity contribution in [3.8, 4) is 11.5 Å². The number of amides is 2. The second-order valence-electron chi connectivity index (χ2n) is 7.65. The molecule has 0 radical (unpaired) electrons. The van der Waals surface area contributed by atoms with E-state index in [1.165, 1.54) is 4.90 Å². The molecule has 6 nitrogen and oxygen atoms in total. The van der Waals surface area contributed by atoms with Gasteiger partial charge in [-0.25, -0.2) is 0 Å². The molecule has 1 saturated heterocycles. The third-order valence-electron chi connectivity index (χ3n) is 5.09. The number of benzene rings is 2. The minimum absolute atomic E-state index is 0.265. The van der Waals surface area contributed by atoms with E-state index in [2.05, 4.69) is 6.58 Å². The normalized spacial score (nSPS) is 14.6. The molecule has 1 aliphatic heterocycles. The molecule has 9 heteroatoms. The van der Waals surface area contributed by atoms with E-state index in [9.17, 15) is 9.59 Å². The van der Waals surface area contributed by atoms with Gasteiger partial charge in [-0.1, -0.05) is 35.3 Å². The number of halogens is 2. The monoisotopic (exact) mass is 535 g/mol. The fraction of sp³-hybridized carbons (Fsp3) is 0.308. The van der Waals surface area contributed by atoms with Gasteiger partial charge in [-0.15, -0.1) is 6.58 Å². The Hall–Kier alpha value is -2.45. The molecular formula is C26H27Cl2NO5S. The predicted molar refractivity (Wildman–Crippen MR) is 141 cm³/mol. The number of carbonyl (C=O) groups excluding carboxylic acids is 2. The highest BCUT2D eigenvalue weighted by molar-refractivity contribution is 8.18. The molecule has 2 aromatic rings. The Kier molecular flexibility index (Phi) is 10.1. The van der Waals surface area contributed by atoms with Crippen molar-refractivity contribution in [1.29, 1.82) is 0 Å². The standard InChI is InChI=1S/C26H27Cl2NO5S/c1-4-7-19-12-18(15-23-25(30)29(26(31)35-23)10-6-11-32-3)14-22(33-5-2)24(19)34-16-17-8-9-20(27)21(28)13-17/h4,8-9,12-15H,1,5-7,10-11,16H2,2-3H3/b23-15+. The molecule has 0 spiro atoms. The second-order valence-corrected chi connectivity index (χ2v) is 9.46. The molecule has 35 heavy (non-hydrogen) atoms. The van der Waals surface area contributed by atoms with Crippen molar-refractivity contribution < 1.29 is 23.8 Å². The highest BCUT2D eigenvalue weighted by Gasteiger charge is 2.34. The topological polar surface area (TPSA) is 65.1 Å². The maximum absolute atomic E-state index is 12.8. The smallest absolute Gasteiger partial charge is 0.293 e. The maximum atomic E-state index is 12.8. The lowest BCUT2D eigenvalue weighted by molar-refractivity contribution is -0.122. The fourth-order valence-electron chi connectivity index (χ4n) is 3.50. The van der Waals surface area contributed by atoms with Gasteiger partial charge in [0.1, 0.15) is 6.61 Å². The molecular weight excluding hydrogens is 509 g/mol. The molecule has 1 aliphatic rings. The van der Waals surface area contributed by atoms with Crippen LogP contribution in [0.15, 0.2) is 47.9 Å². The summed E-state index contributed by atoms with van der Waals surface area (Å²) in [6.45, 7) is 7.23. The number of thioether (sulfide) groups is 1. The van der Waals surface area contributed by atoms with Crippen LogP contribution in [0, 0.1) is 0 Å². The van der Waals surface area contributed by atoms with Crippen LogP contribution in [0.3, 0.4) is 0 Å². The first-order chi connectivity index (χ1) is 16.9. The highest BCUT2D eigenvalue weighted by atomic mass is 35.5. The van der Waals surface area contributed by atoms with E-state index in [1.54, 1.807) is 37.5 Å². The van der Waals surface area contributed by atoms with Crippen LogP contribution in [0.1, 0.15) is 30.0 Å². The summed E-state index contributed by atoms with van der Waals surface area (Å²) in [7, 11) is 1.59. The minimum atomic E-state index is -0.306. The van der Waals surface area contributed by atoms with E-state index in [0.717, 1.165) is 28.5 Å². The highest BCUT2D eigenvalue weighted by Crippen LogP contribution is 2.38. The van der Waals surface area contributed by atoms with Crippen LogP contribution in [0.4, 0.5) is 4.79 Å². The van der Waals surface area contributed by atoms with Gasteiger partial charge >= 0.3 is 0 Å². The van der Waals surface area contributed by atoms with Gasteiger partial charge in [0.05, 0.1) is 21.6 Å². The van der Waals surface area contributed by atoms with Crippen molar-refractivity contribution in [1.82, 2.24) is 4.90 Å². The van der Waals surface area contributed by atoms with Crippen LogP contribution in [0.5, 0.6) is 11.5 Å². The Balaban J connectivity index is 1.89. The maximum Gasteiger partial charge on any atom is 0.293 e. The average molecular weight is 536 g/mol. The van der Waals surface area contributed by atoms with Crippen LogP contribution in [-0.2, 0) is 22.6 Å². The van der Waals surface area contributed by atoms with E-state index in [4.69, 9.17) is 37.4 Å². The lowest BCUT2D eigenvalue weighted by atomic mass is 10.0. The fourth-order valence-corrected chi connectivity index (χ4v) is 4.68. The van der Waals surface area contributed by atoms with E-state index >= 15 is 0 Å². The molecule has 0 aliphatic carbocycles. The molecule has 2 amide bonds. The number of ether oxygens (including phenoxy) is 3. The molecule has 0 bridgehead atoms. The van der Waals surface area contributed by atoms with Crippen molar-refractivity contribution in [3.05, 3.63) is 74.6 Å². The summed E-state index contributed by atoms with van der Waals surface area (Å²) in [5.41, 5.74) is 2.43. The van der Waals surface area contributed by atoms with Gasteiger partial charge in [-0.05, 0) is 73.0 Å². The van der Waals surface area contributed by atoms with E-state index in [1.807, 2.05) is 19.1 Å². The van der Waals surface area contributed by atoms with Crippen LogP contribution in [0.2, 0.25) is 10.0 Å². The van der Waals surface area contributed by atoms with Crippen molar-refractivity contribution in [3.63, 3.8) is 0 Å². The van der Waals surface area contributed by atoms with Crippen molar-refractivity contribution in [2.45, 2.75) is 26.4 Å². The number of methoxy groups -OCH3 is 1. The summed E-state index contributed by atoms with van der Waals surface area (Å²) in [5, 5.41) is 0.649. The number of allylic oxidation sites excluding steroid dienone is 1. The zero-order valence-electron chi connectivity index (χ0n) is 19.6. The summed E-state index contributed by atoms with van der Waals surface area (Å²) in [5.74, 6) is 0.819. The summed E-state index contributed by atoms with van der Waals surface area (Å²) in [6.07, 6.45) is 4.59. The summed E-state index contributed by atoms with van der Waals surface area (Å²) in [4.78, 5) is 26.8. The molecule has 1 fully saturated rings. The van der Waals surface area contributed by atoms with E-state index < -0.39 is 0 Å². The van der Waals surface area contributed by atoms with Crippen molar-refractivity contribution in [2.24, 2.45) is 0 Å². The third-order valence-corrected chi connectivity index (χ3v) is 6.73. The van der Waals surface area contributed by atoms with Gasteiger partial charge < -0.3 is 14.2 Å². The first-order valence-corrected chi connectivity index (χ1v) is 12.7. The molecule has 1 heterocycles. The molecule has 186 valence electrons. The van der Waals surface area contributed by atoms with E-state index in [-0.39, 0.29) is 17.8 Å². The van der Waals surface area contributed by atoms with Gasteiger partial charge in [0.15, 0.2) is 11.5 Å². The third kappa shape index (κ3) is 7.04. The van der Waals surface area contributed by atoms with Gasteiger partial charge in [0, 0.05) is 25.8 Å². The number of hydrogen-bond acceptors (Lipinski definition) is 6. The lowest BCUT2D eigenvalue weighted by Crippen LogP contribution is -2.29. The Morgan fingerprint density at radius 2 is 1.91 bits per heavy atom. The van der Waals surface area contributed by atoms with Crippen molar-refractivity contribution in [2.75, 3.05) is 26.9 Å². The molecule has 2 aromatic carbocycles. The zero-order valence-corrected chi connectivity index (χ0v) is 22.0. The Bertz CT molecular complexity index is 1130.